The predicted octanol–water partition coefficient (Wildman–Crippen LogP) is 2.36. The minimum atomic E-state index is -0.213. The summed E-state index contributed by atoms with van der Waals surface area (Å²) in [6.07, 6.45) is 2.46. The van der Waals surface area contributed by atoms with Crippen LogP contribution in [0.4, 0.5) is 11.5 Å². The Labute approximate surface area is 174 Å². The molecule has 2 aromatic rings. The Bertz CT molecular complexity index is 755. The zero-order chi connectivity index (χ0) is 20.4. The number of carbonyl (C=O) groups is 2. The fourth-order valence-corrected chi connectivity index (χ4v) is 2.82. The molecular weight excluding hydrogens is 422 g/mol. The summed E-state index contributed by atoms with van der Waals surface area (Å²) in [5.74, 6) is 0.169. The number of carbonyl (C=O) groups excluding carboxylic acids is 2. The lowest BCUT2D eigenvalue weighted by atomic mass is 10.3. The molecule has 0 atom stereocenters. The van der Waals surface area contributed by atoms with Crippen LogP contribution in [0.15, 0.2) is 53.1 Å². The van der Waals surface area contributed by atoms with Crippen LogP contribution in [0.25, 0.3) is 0 Å². The maximum Gasteiger partial charge on any atom is 0.239 e. The summed E-state index contributed by atoms with van der Waals surface area (Å²) in [4.78, 5) is 32.0. The monoisotopic (exact) mass is 447 g/mol. The largest absolute Gasteiger partial charge is 0.375 e. The Hall–Kier alpha value is -2.45. The third-order valence-electron chi connectivity index (χ3n) is 4.01. The van der Waals surface area contributed by atoms with Crippen molar-refractivity contribution in [2.75, 3.05) is 50.5 Å². The molecular formula is C20H26BrN5O2. The van der Waals surface area contributed by atoms with Crippen LogP contribution in [0, 0.1) is 0 Å². The highest BCUT2D eigenvalue weighted by Crippen LogP contribution is 2.11. The fourth-order valence-electron chi connectivity index (χ4n) is 2.59. The van der Waals surface area contributed by atoms with Crippen molar-refractivity contribution < 1.29 is 9.59 Å². The first-order valence-corrected chi connectivity index (χ1v) is 9.86. The average molecular weight is 448 g/mol. The van der Waals surface area contributed by atoms with E-state index < -0.39 is 0 Å². The maximum atomic E-state index is 12.0. The number of benzene rings is 1. The summed E-state index contributed by atoms with van der Waals surface area (Å²) in [7, 11) is 3.77. The van der Waals surface area contributed by atoms with Gasteiger partial charge in [0, 0.05) is 36.5 Å². The van der Waals surface area contributed by atoms with Crippen LogP contribution in [0.1, 0.15) is 6.42 Å². The van der Waals surface area contributed by atoms with Crippen molar-refractivity contribution in [2.45, 2.75) is 6.42 Å². The summed E-state index contributed by atoms with van der Waals surface area (Å²) >= 11 is 3.29. The van der Waals surface area contributed by atoms with E-state index in [1.165, 1.54) is 0 Å². The van der Waals surface area contributed by atoms with Gasteiger partial charge in [0.15, 0.2) is 0 Å². The lowest BCUT2D eigenvalue weighted by Gasteiger charge is -2.19. The third kappa shape index (κ3) is 8.06. The van der Waals surface area contributed by atoms with E-state index in [9.17, 15) is 9.59 Å². The van der Waals surface area contributed by atoms with E-state index in [2.05, 4.69) is 48.6 Å². The van der Waals surface area contributed by atoms with E-state index in [4.69, 9.17) is 0 Å². The van der Waals surface area contributed by atoms with E-state index in [1.807, 2.05) is 25.2 Å². The van der Waals surface area contributed by atoms with Gasteiger partial charge in [-0.1, -0.05) is 18.2 Å². The SMILES string of the molecule is CN(CC(=O)NCCCN(C)c1ccccc1)CC(=O)Nc1ccc(Br)cn1. The van der Waals surface area contributed by atoms with Crippen LogP contribution < -0.4 is 15.5 Å². The van der Waals surface area contributed by atoms with Gasteiger partial charge in [0.2, 0.25) is 11.8 Å². The van der Waals surface area contributed by atoms with Gasteiger partial charge in [-0.15, -0.1) is 0 Å². The first kappa shape index (κ1) is 21.8. The van der Waals surface area contributed by atoms with Gasteiger partial charge in [-0.2, -0.15) is 0 Å². The van der Waals surface area contributed by atoms with Crippen molar-refractivity contribution in [3.63, 3.8) is 0 Å². The number of hydrogen-bond acceptors (Lipinski definition) is 5. The molecule has 2 amide bonds. The molecule has 0 fully saturated rings. The summed E-state index contributed by atoms with van der Waals surface area (Å²) < 4.78 is 0.842. The number of rotatable bonds is 10. The van der Waals surface area contributed by atoms with Gasteiger partial charge >= 0.3 is 0 Å². The maximum absolute atomic E-state index is 12.0. The number of anilines is 2. The van der Waals surface area contributed by atoms with Crippen molar-refractivity contribution in [1.29, 1.82) is 0 Å². The van der Waals surface area contributed by atoms with Gasteiger partial charge in [0.1, 0.15) is 5.82 Å². The van der Waals surface area contributed by atoms with Gasteiger partial charge in [-0.3, -0.25) is 14.5 Å². The highest BCUT2D eigenvalue weighted by molar-refractivity contribution is 9.10. The summed E-state index contributed by atoms with van der Waals surface area (Å²) in [6.45, 7) is 1.72. The molecule has 0 saturated carbocycles. The Balaban J connectivity index is 1.61. The van der Waals surface area contributed by atoms with Crippen LogP contribution in [0.5, 0.6) is 0 Å². The number of nitrogens with one attached hydrogen (secondary N) is 2. The van der Waals surface area contributed by atoms with E-state index in [0.29, 0.717) is 12.4 Å². The molecule has 0 aliphatic heterocycles. The topological polar surface area (TPSA) is 77.6 Å². The molecule has 0 unspecified atom stereocenters. The molecule has 2 N–H and O–H groups in total. The molecule has 150 valence electrons. The van der Waals surface area contributed by atoms with E-state index >= 15 is 0 Å². The smallest absolute Gasteiger partial charge is 0.239 e. The lowest BCUT2D eigenvalue weighted by molar-refractivity contribution is -0.122. The molecule has 7 nitrogen and oxygen atoms in total. The van der Waals surface area contributed by atoms with Gasteiger partial charge in [-0.25, -0.2) is 4.98 Å². The van der Waals surface area contributed by atoms with Crippen LogP contribution in [-0.2, 0) is 9.59 Å². The first-order chi connectivity index (χ1) is 13.4. The normalized spacial score (nSPS) is 10.6. The number of likely N-dealkylation sites (N-methyl/N-ethyl adjacent to an activating group) is 1. The van der Waals surface area contributed by atoms with Crippen molar-refractivity contribution in [2.24, 2.45) is 0 Å². The number of halogens is 1. The Morgan fingerprint density at radius 1 is 1.04 bits per heavy atom. The van der Waals surface area contributed by atoms with E-state index in [1.54, 1.807) is 30.3 Å². The van der Waals surface area contributed by atoms with Crippen molar-refractivity contribution in [1.82, 2.24) is 15.2 Å². The van der Waals surface area contributed by atoms with Gasteiger partial charge < -0.3 is 15.5 Å². The second kappa shape index (κ2) is 11.4. The lowest BCUT2D eigenvalue weighted by Crippen LogP contribution is -2.39. The molecule has 1 aromatic heterocycles. The molecule has 0 radical (unpaired) electrons. The standard InChI is InChI=1S/C20H26BrN5O2/c1-25(15-20(28)24-18-10-9-16(21)13-23-18)14-19(27)22-11-6-12-26(2)17-7-4-3-5-8-17/h3-5,7-10,13H,6,11-12,14-15H2,1-2H3,(H,22,27)(H,23,24,28). The van der Waals surface area contributed by atoms with Crippen molar-refractivity contribution >= 4 is 39.2 Å². The molecule has 0 saturated heterocycles. The molecule has 0 aliphatic carbocycles. The van der Waals surface area contributed by atoms with Crippen molar-refractivity contribution in [3.05, 3.63) is 53.1 Å². The molecule has 28 heavy (non-hydrogen) atoms. The number of pyridine rings is 1. The minimum Gasteiger partial charge on any atom is -0.375 e. The summed E-state index contributed by atoms with van der Waals surface area (Å²) in [5, 5.41) is 5.60. The van der Waals surface area contributed by atoms with Crippen molar-refractivity contribution in [3.8, 4) is 0 Å². The van der Waals surface area contributed by atoms with E-state index in [0.717, 1.165) is 23.1 Å². The van der Waals surface area contributed by atoms with Crippen LogP contribution >= 0.6 is 15.9 Å². The molecule has 1 aromatic carbocycles. The molecule has 8 heteroatoms. The van der Waals surface area contributed by atoms with Gasteiger partial charge in [0.05, 0.1) is 13.1 Å². The zero-order valence-electron chi connectivity index (χ0n) is 16.2. The van der Waals surface area contributed by atoms with Crippen LogP contribution in [-0.4, -0.2) is 62.0 Å². The molecule has 2 rings (SSSR count). The van der Waals surface area contributed by atoms with Crippen LogP contribution in [0.3, 0.4) is 0 Å². The summed E-state index contributed by atoms with van der Waals surface area (Å²) in [6, 6.07) is 13.6. The number of nitrogens with zero attached hydrogens (tertiary/aromatic N) is 3. The Kier molecular flexibility index (Phi) is 8.90. The quantitative estimate of drug-likeness (QED) is 0.546. The van der Waals surface area contributed by atoms with E-state index in [-0.39, 0.29) is 24.9 Å². The second-order valence-electron chi connectivity index (χ2n) is 6.54. The highest BCUT2D eigenvalue weighted by Gasteiger charge is 2.11. The predicted molar refractivity (Wildman–Crippen MR) is 115 cm³/mol. The molecule has 0 aliphatic rings. The molecule has 0 bridgehead atoms. The summed E-state index contributed by atoms with van der Waals surface area (Å²) in [5.41, 5.74) is 1.15. The first-order valence-electron chi connectivity index (χ1n) is 9.07. The second-order valence-corrected chi connectivity index (χ2v) is 7.46. The van der Waals surface area contributed by atoms with Gasteiger partial charge in [-0.05, 0) is 53.7 Å². The minimum absolute atomic E-state index is 0.0977. The Morgan fingerprint density at radius 2 is 1.75 bits per heavy atom. The fraction of sp³-hybridized carbons (Fsp3) is 0.350. The number of hydrogen-bond donors (Lipinski definition) is 2. The molecule has 0 spiro atoms. The Morgan fingerprint density at radius 3 is 2.43 bits per heavy atom. The number of amides is 2. The number of aromatic nitrogens is 1. The highest BCUT2D eigenvalue weighted by atomic mass is 79.9. The average Bonchev–Trinajstić information content (AvgIpc) is 2.67. The van der Waals surface area contributed by atoms with Gasteiger partial charge in [0.25, 0.3) is 0 Å². The molecule has 1 heterocycles. The third-order valence-corrected chi connectivity index (χ3v) is 4.48. The van der Waals surface area contributed by atoms with Crippen LogP contribution in [0.2, 0.25) is 0 Å². The number of para-hydroxylation sites is 1. The zero-order valence-corrected chi connectivity index (χ0v) is 17.8.